The highest BCUT2D eigenvalue weighted by Crippen LogP contribution is 2.22. The molecule has 1 fully saturated rings. The van der Waals surface area contributed by atoms with E-state index in [4.69, 9.17) is 11.6 Å². The van der Waals surface area contributed by atoms with Crippen LogP contribution >= 0.6 is 27.5 Å². The van der Waals surface area contributed by atoms with Crippen molar-refractivity contribution in [3.05, 3.63) is 80.3 Å². The number of hydrogen-bond donors (Lipinski definition) is 0. The summed E-state index contributed by atoms with van der Waals surface area (Å²) < 4.78 is 1.03. The summed E-state index contributed by atoms with van der Waals surface area (Å²) in [5.74, 6) is 0.117. The van der Waals surface area contributed by atoms with Crippen LogP contribution in [-0.4, -0.2) is 30.8 Å². The van der Waals surface area contributed by atoms with Gasteiger partial charge >= 0.3 is 0 Å². The Morgan fingerprint density at radius 2 is 1.38 bits per heavy atom. The number of likely N-dealkylation sites (tertiary alicyclic amines) is 1. The van der Waals surface area contributed by atoms with Crippen LogP contribution in [0.1, 0.15) is 11.1 Å². The molecule has 1 heterocycles. The lowest BCUT2D eigenvalue weighted by atomic mass is 9.94. The highest BCUT2D eigenvalue weighted by molar-refractivity contribution is 9.10. The van der Waals surface area contributed by atoms with Gasteiger partial charge < -0.3 is 0 Å². The molecular weight excluding hydrogens is 386 g/mol. The van der Waals surface area contributed by atoms with E-state index in [2.05, 4.69) is 20.8 Å². The van der Waals surface area contributed by atoms with Gasteiger partial charge in [0.2, 0.25) is 0 Å². The van der Waals surface area contributed by atoms with Crippen molar-refractivity contribution in [3.63, 3.8) is 0 Å². The third-order valence-corrected chi connectivity index (χ3v) is 4.67. The molecule has 0 aromatic heterocycles. The van der Waals surface area contributed by atoms with Gasteiger partial charge in [-0.3, -0.25) is 9.69 Å². The Kier molecular flexibility index (Phi) is 5.34. The fraction of sp³-hybridized carbons (Fsp3) is 0.150. The summed E-state index contributed by atoms with van der Waals surface area (Å²) >= 11 is 9.35. The van der Waals surface area contributed by atoms with Gasteiger partial charge in [-0.2, -0.15) is 0 Å². The van der Waals surface area contributed by atoms with Crippen molar-refractivity contribution in [2.75, 3.05) is 20.1 Å². The molecule has 0 aliphatic carbocycles. The third-order valence-electron chi connectivity index (χ3n) is 3.89. The molecule has 2 nitrogen and oxygen atoms in total. The number of hydrogen-bond acceptors (Lipinski definition) is 2. The molecule has 1 aliphatic heterocycles. The molecule has 0 saturated carbocycles. The first-order valence-electron chi connectivity index (χ1n) is 7.67. The maximum atomic E-state index is 12.8. The number of ketones is 1. The number of rotatable bonds is 2. The molecule has 3 rings (SSSR count). The highest BCUT2D eigenvalue weighted by atomic mass is 79.9. The summed E-state index contributed by atoms with van der Waals surface area (Å²) in [5.41, 5.74) is 3.63. The topological polar surface area (TPSA) is 20.3 Å². The van der Waals surface area contributed by atoms with Crippen LogP contribution in [0, 0.1) is 0 Å². The summed E-state index contributed by atoms with van der Waals surface area (Å²) in [7, 11) is 2.03. The molecule has 0 N–H and O–H groups in total. The molecule has 122 valence electrons. The molecule has 0 atom stereocenters. The van der Waals surface area contributed by atoms with E-state index in [0.717, 1.165) is 26.7 Å². The molecule has 0 spiro atoms. The van der Waals surface area contributed by atoms with Gasteiger partial charge in [0, 0.05) is 33.7 Å². The fourth-order valence-corrected chi connectivity index (χ4v) is 3.12. The molecule has 24 heavy (non-hydrogen) atoms. The van der Waals surface area contributed by atoms with Gasteiger partial charge in [0.25, 0.3) is 0 Å². The minimum atomic E-state index is 0.117. The number of benzene rings is 2. The number of carbonyl (C=O) groups is 1. The summed E-state index contributed by atoms with van der Waals surface area (Å²) in [6, 6.07) is 15.5. The van der Waals surface area contributed by atoms with E-state index < -0.39 is 0 Å². The SMILES string of the molecule is CN1C/C(=C\c2ccc(Cl)cc2)C(=O)/C(=C/c2ccc(Br)cc2)C1. The molecule has 0 unspecified atom stereocenters. The normalized spacial score (nSPS) is 19.2. The van der Waals surface area contributed by atoms with E-state index in [1.54, 1.807) is 0 Å². The maximum Gasteiger partial charge on any atom is 0.187 e. The molecule has 0 radical (unpaired) electrons. The Labute approximate surface area is 155 Å². The lowest BCUT2D eigenvalue weighted by Crippen LogP contribution is -2.34. The van der Waals surface area contributed by atoms with E-state index in [0.29, 0.717) is 18.1 Å². The summed E-state index contributed by atoms with van der Waals surface area (Å²) in [6.45, 7) is 1.31. The van der Waals surface area contributed by atoms with Gasteiger partial charge in [0.15, 0.2) is 5.78 Å². The van der Waals surface area contributed by atoms with E-state index in [-0.39, 0.29) is 5.78 Å². The van der Waals surface area contributed by atoms with Crippen molar-refractivity contribution in [1.29, 1.82) is 0 Å². The van der Waals surface area contributed by atoms with Crippen LogP contribution in [0.3, 0.4) is 0 Å². The predicted molar refractivity (Wildman–Crippen MR) is 104 cm³/mol. The fourth-order valence-electron chi connectivity index (χ4n) is 2.73. The first kappa shape index (κ1) is 17.2. The van der Waals surface area contributed by atoms with Gasteiger partial charge in [0.05, 0.1) is 0 Å². The minimum absolute atomic E-state index is 0.117. The second kappa shape index (κ2) is 7.47. The Hall–Kier alpha value is -1.68. The van der Waals surface area contributed by atoms with Crippen LogP contribution < -0.4 is 0 Å². The van der Waals surface area contributed by atoms with Gasteiger partial charge in [-0.15, -0.1) is 0 Å². The van der Waals surface area contributed by atoms with Crippen molar-refractivity contribution >= 4 is 45.5 Å². The van der Waals surface area contributed by atoms with Crippen LogP contribution in [0.2, 0.25) is 5.02 Å². The smallest absolute Gasteiger partial charge is 0.187 e. The number of carbonyl (C=O) groups excluding carboxylic acids is 1. The average Bonchev–Trinajstić information content (AvgIpc) is 2.56. The van der Waals surface area contributed by atoms with Crippen LogP contribution in [0.25, 0.3) is 12.2 Å². The van der Waals surface area contributed by atoms with E-state index >= 15 is 0 Å². The number of piperidine rings is 1. The number of Topliss-reactive ketones (excluding diaryl/α,β-unsaturated/α-hetero) is 1. The molecule has 4 heteroatoms. The predicted octanol–water partition coefficient (Wildman–Crippen LogP) is 5.08. The van der Waals surface area contributed by atoms with Crippen LogP contribution in [0.4, 0.5) is 0 Å². The van der Waals surface area contributed by atoms with Crippen molar-refractivity contribution in [2.24, 2.45) is 0 Å². The van der Waals surface area contributed by atoms with Crippen LogP contribution in [-0.2, 0) is 4.79 Å². The number of nitrogens with zero attached hydrogens (tertiary/aromatic N) is 1. The second-order valence-corrected chi connectivity index (χ2v) is 7.30. The van der Waals surface area contributed by atoms with Gasteiger partial charge in [-0.25, -0.2) is 0 Å². The van der Waals surface area contributed by atoms with Crippen molar-refractivity contribution in [3.8, 4) is 0 Å². The quantitative estimate of drug-likeness (QED) is 0.653. The zero-order chi connectivity index (χ0) is 17.1. The Morgan fingerprint density at radius 1 is 0.917 bits per heavy atom. The minimum Gasteiger partial charge on any atom is -0.298 e. The summed E-state index contributed by atoms with van der Waals surface area (Å²) in [6.07, 6.45) is 3.92. The molecule has 1 aliphatic rings. The Morgan fingerprint density at radius 3 is 1.88 bits per heavy atom. The van der Waals surface area contributed by atoms with Crippen LogP contribution in [0.15, 0.2) is 64.1 Å². The molecule has 1 saturated heterocycles. The average molecular weight is 403 g/mol. The van der Waals surface area contributed by atoms with Crippen molar-refractivity contribution in [2.45, 2.75) is 0 Å². The molecule has 2 aromatic rings. The zero-order valence-corrected chi connectivity index (χ0v) is 15.6. The molecule has 0 amide bonds. The van der Waals surface area contributed by atoms with Gasteiger partial charge in [-0.05, 0) is 54.6 Å². The number of likely N-dealkylation sites (N-methyl/N-ethyl adjacent to an activating group) is 1. The molecule has 2 aromatic carbocycles. The first-order chi connectivity index (χ1) is 11.5. The first-order valence-corrected chi connectivity index (χ1v) is 8.84. The second-order valence-electron chi connectivity index (χ2n) is 5.94. The maximum absolute atomic E-state index is 12.8. The van der Waals surface area contributed by atoms with Gasteiger partial charge in [-0.1, -0.05) is 51.8 Å². The monoisotopic (exact) mass is 401 g/mol. The molecule has 0 bridgehead atoms. The highest BCUT2D eigenvalue weighted by Gasteiger charge is 2.23. The van der Waals surface area contributed by atoms with E-state index in [9.17, 15) is 4.79 Å². The van der Waals surface area contributed by atoms with Crippen LogP contribution in [0.5, 0.6) is 0 Å². The number of halogens is 2. The van der Waals surface area contributed by atoms with Gasteiger partial charge in [0.1, 0.15) is 0 Å². The summed E-state index contributed by atoms with van der Waals surface area (Å²) in [5, 5.41) is 0.695. The standard InChI is InChI=1S/C20H17BrClNO/c1-23-12-16(10-14-2-6-18(21)7-3-14)20(24)17(13-23)11-15-4-8-19(22)9-5-15/h2-11H,12-13H2,1H3/b16-10+,17-11+. The third kappa shape index (κ3) is 4.23. The molecular formula is C20H17BrClNO. The largest absolute Gasteiger partial charge is 0.298 e. The van der Waals surface area contributed by atoms with E-state index in [1.165, 1.54) is 0 Å². The Bertz CT molecular complexity index is 739. The van der Waals surface area contributed by atoms with E-state index in [1.807, 2.05) is 67.7 Å². The Balaban J connectivity index is 1.90. The lowest BCUT2D eigenvalue weighted by molar-refractivity contribution is -0.113. The summed E-state index contributed by atoms with van der Waals surface area (Å²) in [4.78, 5) is 15.0. The van der Waals surface area contributed by atoms with Crippen molar-refractivity contribution in [1.82, 2.24) is 4.90 Å². The zero-order valence-electron chi connectivity index (χ0n) is 13.3. The lowest BCUT2D eigenvalue weighted by Gasteiger charge is -2.26. The van der Waals surface area contributed by atoms with Crippen molar-refractivity contribution < 1.29 is 4.79 Å².